The Balaban J connectivity index is 1.95. The van der Waals surface area contributed by atoms with Gasteiger partial charge in [0, 0.05) is 11.9 Å². The van der Waals surface area contributed by atoms with E-state index in [1.807, 2.05) is 0 Å². The zero-order valence-electron chi connectivity index (χ0n) is 10.9. The normalized spacial score (nSPS) is 27.0. The molecule has 0 amide bonds. The predicted molar refractivity (Wildman–Crippen MR) is 70.2 cm³/mol. The van der Waals surface area contributed by atoms with Gasteiger partial charge in [0.05, 0.1) is 12.2 Å². The molecule has 0 bridgehead atoms. The van der Waals surface area contributed by atoms with E-state index in [0.29, 0.717) is 5.38 Å². The first-order valence-corrected chi connectivity index (χ1v) is 6.90. The van der Waals surface area contributed by atoms with Crippen LogP contribution >= 0.6 is 11.6 Å². The van der Waals surface area contributed by atoms with E-state index in [1.54, 1.807) is 0 Å². The second kappa shape index (κ2) is 6.83. The lowest BCUT2D eigenvalue weighted by atomic mass is 9.89. The highest BCUT2D eigenvalue weighted by atomic mass is 35.5. The van der Waals surface area contributed by atoms with Crippen molar-refractivity contribution in [2.45, 2.75) is 57.4 Å². The molecule has 1 aliphatic rings. The third kappa shape index (κ3) is 6.72. The van der Waals surface area contributed by atoms with Crippen LogP contribution < -0.4 is 5.32 Å². The fourth-order valence-electron chi connectivity index (χ4n) is 2.06. The van der Waals surface area contributed by atoms with Crippen LogP contribution in [0.5, 0.6) is 0 Å². The van der Waals surface area contributed by atoms with Crippen molar-refractivity contribution in [1.82, 2.24) is 5.32 Å². The van der Waals surface area contributed by atoms with Gasteiger partial charge in [0.15, 0.2) is 0 Å². The molecule has 0 heterocycles. The van der Waals surface area contributed by atoms with Gasteiger partial charge in [0.1, 0.15) is 0 Å². The monoisotopic (exact) mass is 247 g/mol. The number of ether oxygens (including phenoxy) is 1. The molecule has 1 aliphatic carbocycles. The largest absolute Gasteiger partial charge is 0.375 e. The SMILES string of the molecule is CC(C)(C)OCCNCC1CCC(Cl)CC1. The maximum Gasteiger partial charge on any atom is 0.0599 e. The zero-order valence-corrected chi connectivity index (χ0v) is 11.6. The number of hydrogen-bond acceptors (Lipinski definition) is 2. The Kier molecular flexibility index (Phi) is 6.09. The van der Waals surface area contributed by atoms with Gasteiger partial charge in [-0.15, -0.1) is 11.6 Å². The molecule has 3 heteroatoms. The fraction of sp³-hybridized carbons (Fsp3) is 1.00. The molecule has 0 unspecified atom stereocenters. The minimum atomic E-state index is -0.0155. The smallest absolute Gasteiger partial charge is 0.0599 e. The third-order valence-corrected chi connectivity index (χ3v) is 3.46. The summed E-state index contributed by atoms with van der Waals surface area (Å²) in [5.41, 5.74) is -0.0155. The average Bonchev–Trinajstić information content (AvgIpc) is 2.19. The van der Waals surface area contributed by atoms with Crippen LogP contribution in [0.3, 0.4) is 0 Å². The van der Waals surface area contributed by atoms with Crippen molar-refractivity contribution in [1.29, 1.82) is 0 Å². The standard InChI is InChI=1S/C13H26ClNO/c1-13(2,3)16-9-8-15-10-11-4-6-12(14)7-5-11/h11-12,15H,4-10H2,1-3H3. The highest BCUT2D eigenvalue weighted by molar-refractivity contribution is 6.20. The van der Waals surface area contributed by atoms with Gasteiger partial charge in [-0.1, -0.05) is 0 Å². The quantitative estimate of drug-likeness (QED) is 0.595. The van der Waals surface area contributed by atoms with Crippen LogP contribution in [0, 0.1) is 5.92 Å². The Morgan fingerprint density at radius 1 is 1.19 bits per heavy atom. The lowest BCUT2D eigenvalue weighted by Crippen LogP contribution is -2.31. The maximum atomic E-state index is 6.08. The highest BCUT2D eigenvalue weighted by Crippen LogP contribution is 2.26. The minimum absolute atomic E-state index is 0.0155. The number of nitrogens with one attached hydrogen (secondary N) is 1. The molecular formula is C13H26ClNO. The lowest BCUT2D eigenvalue weighted by Gasteiger charge is -2.25. The molecular weight excluding hydrogens is 222 g/mol. The van der Waals surface area contributed by atoms with E-state index in [0.717, 1.165) is 25.6 Å². The first-order valence-electron chi connectivity index (χ1n) is 6.46. The van der Waals surface area contributed by atoms with Gasteiger partial charge in [-0.3, -0.25) is 0 Å². The van der Waals surface area contributed by atoms with Crippen molar-refractivity contribution in [3.05, 3.63) is 0 Å². The summed E-state index contributed by atoms with van der Waals surface area (Å²) in [6, 6.07) is 0. The summed E-state index contributed by atoms with van der Waals surface area (Å²) < 4.78 is 5.65. The summed E-state index contributed by atoms with van der Waals surface area (Å²) in [4.78, 5) is 0. The summed E-state index contributed by atoms with van der Waals surface area (Å²) in [6.45, 7) is 9.15. The number of alkyl halides is 1. The van der Waals surface area contributed by atoms with Crippen molar-refractivity contribution in [3.8, 4) is 0 Å². The van der Waals surface area contributed by atoms with Crippen LogP contribution in [-0.2, 0) is 4.74 Å². The van der Waals surface area contributed by atoms with Crippen LogP contribution in [0.2, 0.25) is 0 Å². The van der Waals surface area contributed by atoms with E-state index in [-0.39, 0.29) is 5.60 Å². The van der Waals surface area contributed by atoms with Crippen LogP contribution in [0.4, 0.5) is 0 Å². The molecule has 0 aliphatic heterocycles. The van der Waals surface area contributed by atoms with Crippen molar-refractivity contribution in [2.75, 3.05) is 19.7 Å². The average molecular weight is 248 g/mol. The van der Waals surface area contributed by atoms with E-state index < -0.39 is 0 Å². The summed E-state index contributed by atoms with van der Waals surface area (Å²) in [7, 11) is 0. The number of hydrogen-bond donors (Lipinski definition) is 1. The molecule has 1 rings (SSSR count). The van der Waals surface area contributed by atoms with Gasteiger partial charge < -0.3 is 10.1 Å². The Labute approximate surface area is 105 Å². The van der Waals surface area contributed by atoms with E-state index in [2.05, 4.69) is 26.1 Å². The van der Waals surface area contributed by atoms with Crippen molar-refractivity contribution in [3.63, 3.8) is 0 Å². The number of halogens is 1. The van der Waals surface area contributed by atoms with Gasteiger partial charge in [-0.2, -0.15) is 0 Å². The molecule has 0 atom stereocenters. The highest BCUT2D eigenvalue weighted by Gasteiger charge is 2.18. The van der Waals surface area contributed by atoms with E-state index in [9.17, 15) is 0 Å². The molecule has 0 saturated heterocycles. The molecule has 1 fully saturated rings. The van der Waals surface area contributed by atoms with E-state index in [1.165, 1.54) is 25.7 Å². The van der Waals surface area contributed by atoms with Crippen molar-refractivity contribution < 1.29 is 4.74 Å². The molecule has 2 nitrogen and oxygen atoms in total. The lowest BCUT2D eigenvalue weighted by molar-refractivity contribution is -0.00110. The van der Waals surface area contributed by atoms with Crippen LogP contribution in [-0.4, -0.2) is 30.7 Å². The second-order valence-corrected chi connectivity index (χ2v) is 6.40. The van der Waals surface area contributed by atoms with Crippen LogP contribution in [0.1, 0.15) is 46.5 Å². The second-order valence-electron chi connectivity index (χ2n) is 5.78. The van der Waals surface area contributed by atoms with Gasteiger partial charge in [0.25, 0.3) is 0 Å². The Hall–Kier alpha value is 0.210. The molecule has 1 N–H and O–H groups in total. The minimum Gasteiger partial charge on any atom is -0.375 e. The molecule has 0 spiro atoms. The zero-order chi connectivity index (χ0) is 12.0. The molecule has 96 valence electrons. The van der Waals surface area contributed by atoms with Crippen molar-refractivity contribution >= 4 is 11.6 Å². The van der Waals surface area contributed by atoms with Gasteiger partial charge >= 0.3 is 0 Å². The van der Waals surface area contributed by atoms with Crippen LogP contribution in [0.25, 0.3) is 0 Å². The maximum absolute atomic E-state index is 6.08. The summed E-state index contributed by atoms with van der Waals surface area (Å²) in [5, 5.41) is 3.91. The third-order valence-electron chi connectivity index (χ3n) is 3.02. The Morgan fingerprint density at radius 3 is 2.38 bits per heavy atom. The number of rotatable bonds is 5. The molecule has 1 saturated carbocycles. The summed E-state index contributed by atoms with van der Waals surface area (Å²) >= 11 is 6.08. The van der Waals surface area contributed by atoms with Crippen LogP contribution in [0.15, 0.2) is 0 Å². The van der Waals surface area contributed by atoms with E-state index >= 15 is 0 Å². The first-order chi connectivity index (χ1) is 7.47. The summed E-state index contributed by atoms with van der Waals surface area (Å²) in [5.74, 6) is 0.824. The molecule has 0 aromatic rings. The van der Waals surface area contributed by atoms with Gasteiger partial charge in [-0.05, 0) is 58.9 Å². The predicted octanol–water partition coefficient (Wildman–Crippen LogP) is 3.19. The Bertz CT molecular complexity index is 183. The summed E-state index contributed by atoms with van der Waals surface area (Å²) in [6.07, 6.45) is 4.93. The van der Waals surface area contributed by atoms with Crippen molar-refractivity contribution in [2.24, 2.45) is 5.92 Å². The topological polar surface area (TPSA) is 21.3 Å². The molecule has 16 heavy (non-hydrogen) atoms. The first kappa shape index (κ1) is 14.3. The van der Waals surface area contributed by atoms with E-state index in [4.69, 9.17) is 16.3 Å². The van der Waals surface area contributed by atoms with Gasteiger partial charge in [0.2, 0.25) is 0 Å². The molecule has 0 radical (unpaired) electrons. The Morgan fingerprint density at radius 2 is 1.81 bits per heavy atom. The fourth-order valence-corrected chi connectivity index (χ4v) is 2.31. The molecule has 0 aromatic heterocycles. The van der Waals surface area contributed by atoms with Gasteiger partial charge in [-0.25, -0.2) is 0 Å². The molecule has 0 aromatic carbocycles.